The van der Waals surface area contributed by atoms with E-state index in [1.807, 2.05) is 18.2 Å². The number of esters is 2. The Morgan fingerprint density at radius 3 is 2.00 bits per heavy atom. The lowest BCUT2D eigenvalue weighted by atomic mass is 10.1. The molecule has 0 radical (unpaired) electrons. The quantitative estimate of drug-likeness (QED) is 0.600. The van der Waals surface area contributed by atoms with Crippen molar-refractivity contribution in [3.05, 3.63) is 90.7 Å². The topological polar surface area (TPSA) is 52.6 Å². The number of carbonyl (C=O) groups is 2. The minimum atomic E-state index is -0.374. The van der Waals surface area contributed by atoms with Crippen LogP contribution >= 0.6 is 0 Å². The van der Waals surface area contributed by atoms with E-state index in [1.54, 1.807) is 49.4 Å². The Kier molecular flexibility index (Phi) is 8.32. The van der Waals surface area contributed by atoms with Crippen molar-refractivity contribution in [1.82, 2.24) is 0 Å². The summed E-state index contributed by atoms with van der Waals surface area (Å²) in [7, 11) is 0. The Balaban J connectivity index is 0.000000243. The monoisotopic (exact) mass is 324 g/mol. The van der Waals surface area contributed by atoms with Crippen molar-refractivity contribution in [2.24, 2.45) is 0 Å². The van der Waals surface area contributed by atoms with Crippen LogP contribution in [0.5, 0.6) is 0 Å². The summed E-state index contributed by atoms with van der Waals surface area (Å²) < 4.78 is 9.39. The predicted molar refractivity (Wildman–Crippen MR) is 94.5 cm³/mol. The molecule has 0 aromatic heterocycles. The standard InChI is InChI=1S/C11H12O2.C9H8O2/c1-3-9-5-7-10(8-6-9)11(12)13-4-2;1-2-11-9(10)8-6-4-3-5-7-8/h3,5-8H,1,4H2,2H3;2-7H,1H2. The molecule has 2 rings (SSSR count). The molecule has 0 heterocycles. The first-order valence-corrected chi connectivity index (χ1v) is 7.39. The van der Waals surface area contributed by atoms with E-state index in [9.17, 15) is 9.59 Å². The zero-order valence-electron chi connectivity index (χ0n) is 13.6. The van der Waals surface area contributed by atoms with Gasteiger partial charge in [0.2, 0.25) is 0 Å². The third kappa shape index (κ3) is 6.32. The Morgan fingerprint density at radius 2 is 1.50 bits per heavy atom. The number of hydrogen-bond donors (Lipinski definition) is 0. The van der Waals surface area contributed by atoms with Gasteiger partial charge in [-0.1, -0.05) is 49.6 Å². The van der Waals surface area contributed by atoms with Gasteiger partial charge in [0, 0.05) is 0 Å². The highest BCUT2D eigenvalue weighted by molar-refractivity contribution is 5.90. The van der Waals surface area contributed by atoms with Gasteiger partial charge in [0.05, 0.1) is 24.0 Å². The molecular formula is C20H20O4. The number of carbonyl (C=O) groups excluding carboxylic acids is 2. The maximum Gasteiger partial charge on any atom is 0.342 e. The van der Waals surface area contributed by atoms with E-state index >= 15 is 0 Å². The summed E-state index contributed by atoms with van der Waals surface area (Å²) in [5, 5.41) is 0. The van der Waals surface area contributed by atoms with Crippen molar-refractivity contribution in [2.45, 2.75) is 6.92 Å². The van der Waals surface area contributed by atoms with Crippen molar-refractivity contribution < 1.29 is 19.1 Å². The molecule has 0 aliphatic carbocycles. The highest BCUT2D eigenvalue weighted by Gasteiger charge is 2.04. The molecule has 0 aliphatic rings. The van der Waals surface area contributed by atoms with E-state index in [0.717, 1.165) is 11.8 Å². The lowest BCUT2D eigenvalue weighted by Crippen LogP contribution is -2.03. The molecule has 2 aromatic carbocycles. The van der Waals surface area contributed by atoms with Gasteiger partial charge < -0.3 is 9.47 Å². The maximum absolute atomic E-state index is 11.2. The SMILES string of the molecule is C=COC(=O)c1ccccc1.C=Cc1ccc(C(=O)OCC)cc1. The highest BCUT2D eigenvalue weighted by atomic mass is 16.5. The second kappa shape index (κ2) is 10.6. The van der Waals surface area contributed by atoms with Crippen LogP contribution in [0.1, 0.15) is 33.2 Å². The zero-order valence-corrected chi connectivity index (χ0v) is 13.6. The fourth-order valence-corrected chi connectivity index (χ4v) is 1.69. The molecular weight excluding hydrogens is 304 g/mol. The van der Waals surface area contributed by atoms with Crippen molar-refractivity contribution in [1.29, 1.82) is 0 Å². The Morgan fingerprint density at radius 1 is 0.917 bits per heavy atom. The molecule has 24 heavy (non-hydrogen) atoms. The zero-order chi connectivity index (χ0) is 17.8. The maximum atomic E-state index is 11.2. The lowest BCUT2D eigenvalue weighted by molar-refractivity contribution is 0.0525. The van der Waals surface area contributed by atoms with Crippen molar-refractivity contribution in [3.8, 4) is 0 Å². The summed E-state index contributed by atoms with van der Waals surface area (Å²) in [6.45, 7) is 9.10. The second-order valence-electron chi connectivity index (χ2n) is 4.48. The lowest BCUT2D eigenvalue weighted by Gasteiger charge is -2.01. The first kappa shape index (κ1) is 18.9. The summed E-state index contributed by atoms with van der Waals surface area (Å²) in [6.07, 6.45) is 2.85. The molecule has 0 aliphatic heterocycles. The summed E-state index contributed by atoms with van der Waals surface area (Å²) in [5.41, 5.74) is 2.10. The molecule has 0 saturated heterocycles. The van der Waals surface area contributed by atoms with Crippen molar-refractivity contribution >= 4 is 18.0 Å². The van der Waals surface area contributed by atoms with Crippen LogP contribution in [0.2, 0.25) is 0 Å². The highest BCUT2D eigenvalue weighted by Crippen LogP contribution is 2.06. The Hall–Kier alpha value is -3.14. The number of rotatable bonds is 5. The molecule has 0 unspecified atom stereocenters. The van der Waals surface area contributed by atoms with E-state index in [0.29, 0.717) is 17.7 Å². The van der Waals surface area contributed by atoms with Crippen LogP contribution in [-0.2, 0) is 9.47 Å². The van der Waals surface area contributed by atoms with Gasteiger partial charge >= 0.3 is 11.9 Å². The summed E-state index contributed by atoms with van der Waals surface area (Å²) >= 11 is 0. The van der Waals surface area contributed by atoms with Crippen molar-refractivity contribution in [2.75, 3.05) is 6.61 Å². The summed E-state index contributed by atoms with van der Waals surface area (Å²) in [5.74, 6) is -0.654. The molecule has 4 nitrogen and oxygen atoms in total. The van der Waals surface area contributed by atoms with Crippen LogP contribution in [0, 0.1) is 0 Å². The van der Waals surface area contributed by atoms with E-state index in [-0.39, 0.29) is 11.9 Å². The predicted octanol–water partition coefficient (Wildman–Crippen LogP) is 4.49. The average molecular weight is 324 g/mol. The van der Waals surface area contributed by atoms with E-state index < -0.39 is 0 Å². The Bertz CT molecular complexity index is 673. The van der Waals surface area contributed by atoms with Gasteiger partial charge in [-0.05, 0) is 36.8 Å². The van der Waals surface area contributed by atoms with Gasteiger partial charge in [-0.25, -0.2) is 9.59 Å². The Labute approximate surface area is 142 Å². The van der Waals surface area contributed by atoms with Gasteiger partial charge in [-0.3, -0.25) is 0 Å². The largest absolute Gasteiger partial charge is 0.462 e. The van der Waals surface area contributed by atoms with Crippen LogP contribution in [0.4, 0.5) is 0 Å². The van der Waals surface area contributed by atoms with Gasteiger partial charge in [0.25, 0.3) is 0 Å². The smallest absolute Gasteiger partial charge is 0.342 e. The third-order valence-corrected chi connectivity index (χ3v) is 2.86. The van der Waals surface area contributed by atoms with Crippen LogP contribution in [0.15, 0.2) is 74.0 Å². The molecule has 0 amide bonds. The normalized spacial score (nSPS) is 9.04. The number of ether oxygens (including phenoxy) is 2. The molecule has 2 aromatic rings. The van der Waals surface area contributed by atoms with Gasteiger partial charge in [-0.15, -0.1) is 0 Å². The molecule has 0 bridgehead atoms. The van der Waals surface area contributed by atoms with E-state index in [2.05, 4.69) is 17.9 Å². The number of benzene rings is 2. The summed E-state index contributed by atoms with van der Waals surface area (Å²) in [6, 6.07) is 15.9. The molecule has 0 saturated carbocycles. The third-order valence-electron chi connectivity index (χ3n) is 2.86. The molecule has 0 fully saturated rings. The van der Waals surface area contributed by atoms with Gasteiger partial charge in [0.1, 0.15) is 0 Å². The van der Waals surface area contributed by atoms with Crippen LogP contribution in [0.3, 0.4) is 0 Å². The fourth-order valence-electron chi connectivity index (χ4n) is 1.69. The second-order valence-corrected chi connectivity index (χ2v) is 4.48. The molecule has 0 atom stereocenters. The first-order valence-electron chi connectivity index (χ1n) is 7.39. The van der Waals surface area contributed by atoms with Gasteiger partial charge in [-0.2, -0.15) is 0 Å². The van der Waals surface area contributed by atoms with E-state index in [1.165, 1.54) is 0 Å². The molecule has 124 valence electrons. The minimum absolute atomic E-state index is 0.280. The van der Waals surface area contributed by atoms with Crippen LogP contribution in [-0.4, -0.2) is 18.5 Å². The van der Waals surface area contributed by atoms with Crippen molar-refractivity contribution in [3.63, 3.8) is 0 Å². The first-order chi connectivity index (χ1) is 11.6. The minimum Gasteiger partial charge on any atom is -0.462 e. The van der Waals surface area contributed by atoms with E-state index in [4.69, 9.17) is 4.74 Å². The van der Waals surface area contributed by atoms with Crippen LogP contribution < -0.4 is 0 Å². The number of hydrogen-bond acceptors (Lipinski definition) is 4. The molecule has 0 spiro atoms. The molecule has 4 heteroatoms. The van der Waals surface area contributed by atoms with Gasteiger partial charge in [0.15, 0.2) is 0 Å². The molecule has 0 N–H and O–H groups in total. The van der Waals surface area contributed by atoms with Crippen LogP contribution in [0.25, 0.3) is 6.08 Å². The fraction of sp³-hybridized carbons (Fsp3) is 0.100. The average Bonchev–Trinajstić information content (AvgIpc) is 2.63. The summed E-state index contributed by atoms with van der Waals surface area (Å²) in [4.78, 5) is 22.1.